The van der Waals surface area contributed by atoms with Gasteiger partial charge in [-0.05, 0) is 26.2 Å². The molecule has 0 saturated heterocycles. The Morgan fingerprint density at radius 1 is 0.824 bits per heavy atom. The van der Waals surface area contributed by atoms with E-state index in [0.29, 0.717) is 6.42 Å². The molecular formula is C18H33N9O7. The Labute approximate surface area is 195 Å². The lowest BCUT2D eigenvalue weighted by molar-refractivity contribution is -0.142. The third-order valence-corrected chi connectivity index (χ3v) is 4.38. The molecule has 0 aromatic heterocycles. The van der Waals surface area contributed by atoms with E-state index in [0.717, 1.165) is 0 Å². The third-order valence-electron chi connectivity index (χ3n) is 4.38. The van der Waals surface area contributed by atoms with Gasteiger partial charge in [-0.2, -0.15) is 0 Å². The highest BCUT2D eigenvalue weighted by Gasteiger charge is 2.30. The minimum absolute atomic E-state index is 0.117. The van der Waals surface area contributed by atoms with Gasteiger partial charge in [0.2, 0.25) is 29.5 Å². The summed E-state index contributed by atoms with van der Waals surface area (Å²) in [6.07, 6.45) is -0.630. The van der Waals surface area contributed by atoms with Crippen molar-refractivity contribution in [2.45, 2.75) is 63.2 Å². The van der Waals surface area contributed by atoms with Crippen LogP contribution in [0.15, 0.2) is 4.99 Å². The van der Waals surface area contributed by atoms with E-state index in [1.54, 1.807) is 0 Å². The largest absolute Gasteiger partial charge is 0.480 e. The fraction of sp³-hybridized carbons (Fsp3) is 0.611. The van der Waals surface area contributed by atoms with Crippen LogP contribution in [0.3, 0.4) is 0 Å². The van der Waals surface area contributed by atoms with Gasteiger partial charge >= 0.3 is 5.97 Å². The van der Waals surface area contributed by atoms with Crippen molar-refractivity contribution in [2.75, 3.05) is 6.54 Å². The molecule has 0 fully saturated rings. The summed E-state index contributed by atoms with van der Waals surface area (Å²) in [6, 6.07) is -5.24. The maximum atomic E-state index is 12.8. The van der Waals surface area contributed by atoms with E-state index < -0.39 is 66.1 Å². The fourth-order valence-corrected chi connectivity index (χ4v) is 2.54. The smallest absolute Gasteiger partial charge is 0.325 e. The average Bonchev–Trinajstić information content (AvgIpc) is 2.72. The summed E-state index contributed by atoms with van der Waals surface area (Å²) >= 11 is 0. The molecule has 16 heteroatoms. The van der Waals surface area contributed by atoms with E-state index in [1.165, 1.54) is 6.92 Å². The van der Waals surface area contributed by atoms with Crippen LogP contribution in [-0.4, -0.2) is 77.3 Å². The zero-order chi connectivity index (χ0) is 26.4. The van der Waals surface area contributed by atoms with Crippen LogP contribution in [0.5, 0.6) is 0 Å². The summed E-state index contributed by atoms with van der Waals surface area (Å²) in [5.74, 6) is -5.83. The second-order valence-corrected chi connectivity index (χ2v) is 7.42. The highest BCUT2D eigenvalue weighted by atomic mass is 16.4. The number of nitrogens with zero attached hydrogens (tertiary/aromatic N) is 1. The summed E-state index contributed by atoms with van der Waals surface area (Å²) < 4.78 is 0. The summed E-state index contributed by atoms with van der Waals surface area (Å²) in [6.45, 7) is 1.40. The molecule has 34 heavy (non-hydrogen) atoms. The minimum atomic E-state index is -1.53. The van der Waals surface area contributed by atoms with E-state index in [-0.39, 0.29) is 31.8 Å². The summed E-state index contributed by atoms with van der Waals surface area (Å²) in [7, 11) is 0. The number of carboxylic acid groups (broad SMARTS) is 1. The average molecular weight is 488 g/mol. The maximum absolute atomic E-state index is 12.8. The van der Waals surface area contributed by atoms with Gasteiger partial charge in [0.05, 0.1) is 12.5 Å². The van der Waals surface area contributed by atoms with Gasteiger partial charge in [-0.3, -0.25) is 33.8 Å². The number of aliphatic carboxylic acids is 1. The molecule has 0 spiro atoms. The van der Waals surface area contributed by atoms with E-state index in [4.69, 9.17) is 33.8 Å². The molecule has 0 heterocycles. The molecule has 4 atom stereocenters. The number of aliphatic imine (C=N–C) groups is 1. The van der Waals surface area contributed by atoms with Crippen LogP contribution in [0.4, 0.5) is 0 Å². The van der Waals surface area contributed by atoms with Crippen LogP contribution in [0.1, 0.15) is 39.0 Å². The number of nitrogens with one attached hydrogen (secondary N) is 3. The normalized spacial score (nSPS) is 13.9. The first-order valence-corrected chi connectivity index (χ1v) is 10.3. The predicted octanol–water partition coefficient (Wildman–Crippen LogP) is -4.93. The van der Waals surface area contributed by atoms with E-state index >= 15 is 0 Å². The number of nitrogens with two attached hydrogens (primary N) is 5. The Morgan fingerprint density at radius 3 is 1.88 bits per heavy atom. The highest BCUT2D eigenvalue weighted by Crippen LogP contribution is 2.03. The van der Waals surface area contributed by atoms with Gasteiger partial charge in [-0.15, -0.1) is 0 Å². The Balaban J connectivity index is 5.34. The Hall–Kier alpha value is -3.95. The first-order valence-electron chi connectivity index (χ1n) is 10.3. The van der Waals surface area contributed by atoms with Crippen molar-refractivity contribution >= 4 is 41.5 Å². The van der Waals surface area contributed by atoms with E-state index in [1.807, 2.05) is 0 Å². The molecule has 0 aliphatic rings. The van der Waals surface area contributed by atoms with Gasteiger partial charge in [0.15, 0.2) is 5.96 Å². The van der Waals surface area contributed by atoms with Gasteiger partial charge in [-0.25, -0.2) is 0 Å². The number of hydrogen-bond acceptors (Lipinski definition) is 8. The van der Waals surface area contributed by atoms with Crippen molar-refractivity contribution in [1.82, 2.24) is 16.0 Å². The van der Waals surface area contributed by atoms with Crippen LogP contribution >= 0.6 is 0 Å². The molecule has 0 aliphatic carbocycles. The van der Waals surface area contributed by atoms with E-state index in [9.17, 15) is 28.8 Å². The van der Waals surface area contributed by atoms with Gasteiger partial charge in [-0.1, -0.05) is 0 Å². The molecule has 192 valence electrons. The number of primary amides is 2. The lowest BCUT2D eigenvalue weighted by Crippen LogP contribution is -2.57. The van der Waals surface area contributed by atoms with Crippen molar-refractivity contribution in [1.29, 1.82) is 0 Å². The molecule has 0 saturated carbocycles. The van der Waals surface area contributed by atoms with Gasteiger partial charge in [0.1, 0.15) is 18.1 Å². The van der Waals surface area contributed by atoms with Gasteiger partial charge in [0.25, 0.3) is 0 Å². The monoisotopic (exact) mass is 487 g/mol. The lowest BCUT2D eigenvalue weighted by Gasteiger charge is -2.24. The molecule has 0 rings (SSSR count). The summed E-state index contributed by atoms with van der Waals surface area (Å²) in [5.41, 5.74) is 26.4. The molecule has 14 N–H and O–H groups in total. The van der Waals surface area contributed by atoms with Crippen LogP contribution in [0.2, 0.25) is 0 Å². The highest BCUT2D eigenvalue weighted by molar-refractivity contribution is 5.96. The minimum Gasteiger partial charge on any atom is -0.480 e. The van der Waals surface area contributed by atoms with Crippen LogP contribution < -0.4 is 44.6 Å². The quantitative estimate of drug-likeness (QED) is 0.0567. The van der Waals surface area contributed by atoms with Gasteiger partial charge in [0, 0.05) is 13.0 Å². The molecule has 0 bridgehead atoms. The molecule has 4 unspecified atom stereocenters. The van der Waals surface area contributed by atoms with Crippen molar-refractivity contribution in [3.05, 3.63) is 0 Å². The maximum Gasteiger partial charge on any atom is 0.325 e. The topological polar surface area (TPSA) is 301 Å². The fourth-order valence-electron chi connectivity index (χ4n) is 2.54. The third kappa shape index (κ3) is 12.8. The number of hydrogen-bond donors (Lipinski definition) is 9. The second-order valence-electron chi connectivity index (χ2n) is 7.42. The Kier molecular flexibility index (Phi) is 13.2. The summed E-state index contributed by atoms with van der Waals surface area (Å²) in [4.78, 5) is 74.7. The van der Waals surface area contributed by atoms with Crippen molar-refractivity contribution in [3.8, 4) is 0 Å². The van der Waals surface area contributed by atoms with Crippen LogP contribution in [0, 0.1) is 0 Å². The molecular weight excluding hydrogens is 454 g/mol. The summed E-state index contributed by atoms with van der Waals surface area (Å²) in [5, 5.41) is 15.6. The molecule has 5 amide bonds. The van der Waals surface area contributed by atoms with Gasteiger partial charge < -0.3 is 49.7 Å². The molecule has 0 radical (unpaired) electrons. The standard InChI is InChI=1S/C18H33N9O7/c1-8(17(33)34)25-16(32)11(7-13(21)29)27-15(31)10(4-5-12(20)28)26-14(30)9(19)3-2-6-24-18(22)23/h8-11H,2-7,19H2,1H3,(H2,20,28)(H2,21,29)(H,25,32)(H,26,30)(H,27,31)(H,33,34)(H4,22,23,24). The Bertz CT molecular complexity index is 799. The van der Waals surface area contributed by atoms with Crippen molar-refractivity contribution < 1.29 is 33.9 Å². The molecule has 0 aromatic rings. The second kappa shape index (κ2) is 15.0. The Morgan fingerprint density at radius 2 is 1.38 bits per heavy atom. The zero-order valence-electron chi connectivity index (χ0n) is 18.8. The molecule has 0 aromatic carbocycles. The number of carboxylic acids is 1. The number of guanidine groups is 1. The number of carbonyl (C=O) groups is 6. The van der Waals surface area contributed by atoms with Crippen LogP contribution in [-0.2, 0) is 28.8 Å². The number of amides is 5. The molecule has 16 nitrogen and oxygen atoms in total. The molecule has 0 aliphatic heterocycles. The first-order chi connectivity index (χ1) is 15.7. The van der Waals surface area contributed by atoms with Crippen molar-refractivity contribution in [3.63, 3.8) is 0 Å². The number of rotatable bonds is 16. The zero-order valence-corrected chi connectivity index (χ0v) is 18.8. The van der Waals surface area contributed by atoms with Crippen LogP contribution in [0.25, 0.3) is 0 Å². The SMILES string of the molecule is CC(NC(=O)C(CC(N)=O)NC(=O)C(CCC(N)=O)NC(=O)C(N)CCCN=C(N)N)C(=O)O. The van der Waals surface area contributed by atoms with Crippen molar-refractivity contribution in [2.24, 2.45) is 33.7 Å². The number of carbonyl (C=O) groups excluding carboxylic acids is 5. The predicted molar refractivity (Wildman–Crippen MR) is 119 cm³/mol. The first kappa shape index (κ1) is 30.1. The lowest BCUT2D eigenvalue weighted by atomic mass is 10.1. The van der Waals surface area contributed by atoms with E-state index in [2.05, 4.69) is 20.9 Å².